The predicted octanol–water partition coefficient (Wildman–Crippen LogP) is 7.21. The molecule has 1 N–H and O–H groups in total. The molecular weight excluding hydrogens is 448 g/mol. The molecule has 1 aliphatic heterocycles. The molecule has 1 amide bonds. The average molecular weight is 499 g/mol. The number of amides is 1. The van der Waals surface area contributed by atoms with Crippen LogP contribution in [0.5, 0.6) is 11.5 Å². The minimum atomic E-state index is -0.00281. The van der Waals surface area contributed by atoms with Gasteiger partial charge in [-0.1, -0.05) is 89.7 Å². The second kappa shape index (κ2) is 18.8. The summed E-state index contributed by atoms with van der Waals surface area (Å²) in [5.41, 5.74) is 2.08. The molecule has 202 valence electrons. The van der Waals surface area contributed by atoms with Gasteiger partial charge in [0.15, 0.2) is 0 Å². The van der Waals surface area contributed by atoms with Crippen LogP contribution in [-0.2, 0) is 11.2 Å². The molecule has 0 aliphatic carbocycles. The van der Waals surface area contributed by atoms with Crippen LogP contribution in [-0.4, -0.2) is 44.2 Å². The highest BCUT2D eigenvalue weighted by atomic mass is 16.5. The summed E-state index contributed by atoms with van der Waals surface area (Å²) in [6.07, 6.45) is 22.5. The lowest BCUT2D eigenvalue weighted by Crippen LogP contribution is -2.31. The number of likely N-dealkylation sites (N-methyl/N-ethyl adjacent to an activating group) is 1. The van der Waals surface area contributed by atoms with E-state index in [1.165, 1.54) is 76.2 Å². The molecule has 5 heteroatoms. The van der Waals surface area contributed by atoms with Crippen molar-refractivity contribution < 1.29 is 14.3 Å². The lowest BCUT2D eigenvalue weighted by atomic mass is 10.1. The fourth-order valence-electron chi connectivity index (χ4n) is 4.54. The Labute approximate surface area is 220 Å². The third-order valence-corrected chi connectivity index (χ3v) is 6.83. The summed E-state index contributed by atoms with van der Waals surface area (Å²) in [7, 11) is 1.64. The lowest BCUT2D eigenvalue weighted by Gasteiger charge is -2.23. The maximum absolute atomic E-state index is 12.5. The summed E-state index contributed by atoms with van der Waals surface area (Å²) < 4.78 is 11.5. The van der Waals surface area contributed by atoms with Crippen LogP contribution < -0.4 is 14.8 Å². The van der Waals surface area contributed by atoms with E-state index in [4.69, 9.17) is 9.47 Å². The van der Waals surface area contributed by atoms with E-state index in [1.807, 2.05) is 24.3 Å². The van der Waals surface area contributed by atoms with E-state index in [-0.39, 0.29) is 5.91 Å². The maximum Gasteiger partial charge on any atom is 0.224 e. The van der Waals surface area contributed by atoms with E-state index >= 15 is 0 Å². The van der Waals surface area contributed by atoms with Crippen molar-refractivity contribution in [3.8, 4) is 11.5 Å². The van der Waals surface area contributed by atoms with Gasteiger partial charge in [0.25, 0.3) is 0 Å². The summed E-state index contributed by atoms with van der Waals surface area (Å²) in [5, 5.41) is 3.04. The highest BCUT2D eigenvalue weighted by Crippen LogP contribution is 2.25. The van der Waals surface area contributed by atoms with Crippen molar-refractivity contribution in [3.05, 3.63) is 47.7 Å². The van der Waals surface area contributed by atoms with E-state index in [0.717, 1.165) is 37.4 Å². The molecule has 0 atom stereocenters. The number of allylic oxidation sites excluding steroid dienone is 2. The lowest BCUT2D eigenvalue weighted by molar-refractivity contribution is -0.120. The Bertz CT molecular complexity index is 803. The standard InChI is InChI=1S/C31H50N2O3/c1-4-6-7-8-9-10-11-12-13-14-15-16-22-36-29-20-19-28(30(24-29)35-3)23-31(34)32-25-27-18-17-21-33(5-2)26-27/h17-21,24H,4-16,22-23,25-26H2,1-3H3,(H,32,34). The van der Waals surface area contributed by atoms with Crippen molar-refractivity contribution in [2.75, 3.05) is 33.4 Å². The van der Waals surface area contributed by atoms with Gasteiger partial charge in [0.2, 0.25) is 5.91 Å². The highest BCUT2D eigenvalue weighted by Gasteiger charge is 2.12. The van der Waals surface area contributed by atoms with Crippen molar-refractivity contribution in [3.63, 3.8) is 0 Å². The van der Waals surface area contributed by atoms with Crippen LogP contribution in [0.3, 0.4) is 0 Å². The molecule has 0 bridgehead atoms. The summed E-state index contributed by atoms with van der Waals surface area (Å²) in [4.78, 5) is 14.7. The number of nitrogens with zero attached hydrogens (tertiary/aromatic N) is 1. The summed E-state index contributed by atoms with van der Waals surface area (Å²) in [5.74, 6) is 1.50. The summed E-state index contributed by atoms with van der Waals surface area (Å²) in [6, 6.07) is 5.79. The molecule has 0 saturated carbocycles. The minimum absolute atomic E-state index is 0.00281. The van der Waals surface area contributed by atoms with Gasteiger partial charge in [-0.25, -0.2) is 0 Å². The number of benzene rings is 1. The second-order valence-electron chi connectivity index (χ2n) is 9.89. The number of carbonyl (C=O) groups excluding carboxylic acids is 1. The van der Waals surface area contributed by atoms with Gasteiger partial charge in [-0.15, -0.1) is 0 Å². The number of hydrogen-bond donors (Lipinski definition) is 1. The smallest absolute Gasteiger partial charge is 0.224 e. The summed E-state index contributed by atoms with van der Waals surface area (Å²) >= 11 is 0. The molecule has 0 radical (unpaired) electrons. The first-order valence-corrected chi connectivity index (χ1v) is 14.3. The Morgan fingerprint density at radius 1 is 0.944 bits per heavy atom. The molecule has 0 spiro atoms. The first-order valence-electron chi connectivity index (χ1n) is 14.3. The van der Waals surface area contributed by atoms with Crippen LogP contribution in [0.4, 0.5) is 0 Å². The second-order valence-corrected chi connectivity index (χ2v) is 9.89. The molecule has 1 aromatic carbocycles. The maximum atomic E-state index is 12.5. The van der Waals surface area contributed by atoms with Crippen LogP contribution in [0, 0.1) is 0 Å². The molecular formula is C31H50N2O3. The van der Waals surface area contributed by atoms with E-state index in [0.29, 0.717) is 18.7 Å². The number of unbranched alkanes of at least 4 members (excludes halogenated alkanes) is 11. The Hall–Kier alpha value is -2.43. The molecule has 1 heterocycles. The van der Waals surface area contributed by atoms with Gasteiger partial charge in [-0.3, -0.25) is 4.79 Å². The molecule has 0 saturated heterocycles. The van der Waals surface area contributed by atoms with Crippen molar-refractivity contribution in [1.29, 1.82) is 0 Å². The van der Waals surface area contributed by atoms with Crippen LogP contribution in [0.15, 0.2) is 42.1 Å². The van der Waals surface area contributed by atoms with Gasteiger partial charge in [0, 0.05) is 31.3 Å². The minimum Gasteiger partial charge on any atom is -0.496 e. The quantitative estimate of drug-likeness (QED) is 0.193. The zero-order valence-electron chi connectivity index (χ0n) is 23.2. The Morgan fingerprint density at radius 3 is 2.25 bits per heavy atom. The Kier molecular flexibility index (Phi) is 15.5. The van der Waals surface area contributed by atoms with Crippen LogP contribution in [0.25, 0.3) is 0 Å². The van der Waals surface area contributed by atoms with E-state index in [1.54, 1.807) is 7.11 Å². The van der Waals surface area contributed by atoms with Gasteiger partial charge in [-0.2, -0.15) is 0 Å². The topological polar surface area (TPSA) is 50.8 Å². The number of rotatable bonds is 20. The van der Waals surface area contributed by atoms with Crippen LogP contribution in [0.1, 0.15) is 96.5 Å². The number of nitrogens with one attached hydrogen (secondary N) is 1. The van der Waals surface area contributed by atoms with Gasteiger partial charge < -0.3 is 19.7 Å². The monoisotopic (exact) mass is 498 g/mol. The first-order chi connectivity index (χ1) is 17.7. The fraction of sp³-hybridized carbons (Fsp3) is 0.645. The molecule has 1 aliphatic rings. The largest absolute Gasteiger partial charge is 0.496 e. The van der Waals surface area contributed by atoms with Crippen molar-refractivity contribution in [1.82, 2.24) is 10.2 Å². The van der Waals surface area contributed by atoms with Crippen LogP contribution >= 0.6 is 0 Å². The predicted molar refractivity (Wildman–Crippen MR) is 151 cm³/mol. The zero-order valence-corrected chi connectivity index (χ0v) is 23.2. The first kappa shape index (κ1) is 29.8. The highest BCUT2D eigenvalue weighted by molar-refractivity contribution is 5.79. The Morgan fingerprint density at radius 2 is 1.61 bits per heavy atom. The van der Waals surface area contributed by atoms with Gasteiger partial charge in [0.05, 0.1) is 20.1 Å². The summed E-state index contributed by atoms with van der Waals surface area (Å²) in [6.45, 7) is 7.52. The van der Waals surface area contributed by atoms with E-state index in [2.05, 4.69) is 36.3 Å². The van der Waals surface area contributed by atoms with Crippen LogP contribution in [0.2, 0.25) is 0 Å². The zero-order chi connectivity index (χ0) is 25.8. The molecule has 0 fully saturated rings. The Balaban J connectivity index is 1.58. The van der Waals surface area contributed by atoms with E-state index in [9.17, 15) is 4.79 Å². The molecule has 0 unspecified atom stereocenters. The fourth-order valence-corrected chi connectivity index (χ4v) is 4.54. The third kappa shape index (κ3) is 12.5. The number of ether oxygens (including phenoxy) is 2. The normalized spacial score (nSPS) is 13.0. The molecule has 5 nitrogen and oxygen atoms in total. The number of carbonyl (C=O) groups is 1. The van der Waals surface area contributed by atoms with Crippen molar-refractivity contribution in [2.24, 2.45) is 0 Å². The molecule has 36 heavy (non-hydrogen) atoms. The number of methoxy groups -OCH3 is 1. The SMILES string of the molecule is CCCCCCCCCCCCCCOc1ccc(CC(=O)NCC2=CC=CN(CC)C2)c(OC)c1. The van der Waals surface area contributed by atoms with Crippen molar-refractivity contribution >= 4 is 5.91 Å². The van der Waals surface area contributed by atoms with Crippen molar-refractivity contribution in [2.45, 2.75) is 97.3 Å². The molecule has 2 rings (SSSR count). The van der Waals surface area contributed by atoms with Gasteiger partial charge in [-0.05, 0) is 37.3 Å². The third-order valence-electron chi connectivity index (χ3n) is 6.83. The molecule has 0 aromatic heterocycles. The number of hydrogen-bond acceptors (Lipinski definition) is 4. The van der Waals surface area contributed by atoms with Gasteiger partial charge in [0.1, 0.15) is 11.5 Å². The van der Waals surface area contributed by atoms with Gasteiger partial charge >= 0.3 is 0 Å². The average Bonchev–Trinajstić information content (AvgIpc) is 2.91. The van der Waals surface area contributed by atoms with E-state index < -0.39 is 0 Å². The molecule has 1 aromatic rings.